The minimum Gasteiger partial charge on any atom is -0.160 e. The Morgan fingerprint density at radius 2 is 1.00 bits per heavy atom. The zero-order valence-corrected chi connectivity index (χ0v) is 6.29. The van der Waals surface area contributed by atoms with Crippen molar-refractivity contribution >= 4 is 23.5 Å². The van der Waals surface area contributed by atoms with E-state index in [0.29, 0.717) is 0 Å². The van der Waals surface area contributed by atoms with E-state index in [4.69, 9.17) is 0 Å². The molecule has 0 unspecified atom stereocenters. The molecular formula is C3HF6S2. The molecule has 0 aliphatic rings. The highest BCUT2D eigenvalue weighted by Gasteiger charge is 2.33. The molecule has 0 aliphatic heterocycles. The van der Waals surface area contributed by atoms with Crippen LogP contribution in [0.1, 0.15) is 0 Å². The Morgan fingerprint density at radius 3 is 1.18 bits per heavy atom. The van der Waals surface area contributed by atoms with Crippen molar-refractivity contribution in [1.29, 1.82) is 0 Å². The van der Waals surface area contributed by atoms with Crippen molar-refractivity contribution in [3.05, 3.63) is 5.08 Å². The molecule has 0 heterocycles. The summed E-state index contributed by atoms with van der Waals surface area (Å²) in [7, 11) is 0. The van der Waals surface area contributed by atoms with Gasteiger partial charge in [-0.25, -0.2) is 0 Å². The van der Waals surface area contributed by atoms with Gasteiger partial charge in [-0.2, -0.15) is 26.3 Å². The van der Waals surface area contributed by atoms with Crippen molar-refractivity contribution in [3.63, 3.8) is 0 Å². The summed E-state index contributed by atoms with van der Waals surface area (Å²) >= 11 is -1.64. The number of hydrogen-bond donors (Lipinski definition) is 0. The largest absolute Gasteiger partial charge is 0.442 e. The SMILES string of the molecule is FC(F)(F)S[CH]SC(F)(F)F. The maximum Gasteiger partial charge on any atom is 0.442 e. The maximum absolute atomic E-state index is 11.2. The summed E-state index contributed by atoms with van der Waals surface area (Å²) in [5, 5.41) is 0. The highest BCUT2D eigenvalue weighted by atomic mass is 32.2. The molecule has 0 aromatic carbocycles. The Labute approximate surface area is 66.7 Å². The third kappa shape index (κ3) is 10.3. The highest BCUT2D eigenvalue weighted by molar-refractivity contribution is 8.20. The van der Waals surface area contributed by atoms with E-state index in [2.05, 4.69) is 0 Å². The second-order valence-electron chi connectivity index (χ2n) is 1.22. The van der Waals surface area contributed by atoms with Crippen LogP contribution in [0.4, 0.5) is 26.3 Å². The summed E-state index contributed by atoms with van der Waals surface area (Å²) in [5.41, 5.74) is -9.28. The Balaban J connectivity index is 3.44. The number of halogens is 6. The molecule has 67 valence electrons. The third-order valence-corrected chi connectivity index (χ3v) is 1.67. The minimum absolute atomic E-state index is 0. The molecule has 0 atom stereocenters. The van der Waals surface area contributed by atoms with Gasteiger partial charge in [-0.05, 0) is 23.5 Å². The molecule has 0 aromatic rings. The van der Waals surface area contributed by atoms with Crippen molar-refractivity contribution in [2.24, 2.45) is 0 Å². The summed E-state index contributed by atoms with van der Waals surface area (Å²) in [5.74, 6) is 0. The molecular weight excluding hydrogens is 214 g/mol. The normalized spacial score (nSPS) is 13.6. The van der Waals surface area contributed by atoms with E-state index in [-0.39, 0.29) is 5.08 Å². The zero-order valence-electron chi connectivity index (χ0n) is 4.66. The van der Waals surface area contributed by atoms with Crippen molar-refractivity contribution in [1.82, 2.24) is 0 Å². The van der Waals surface area contributed by atoms with Gasteiger partial charge in [0.1, 0.15) is 0 Å². The predicted molar refractivity (Wildman–Crippen MR) is 31.6 cm³/mol. The molecule has 0 fully saturated rings. The van der Waals surface area contributed by atoms with Crippen LogP contribution in [0.3, 0.4) is 0 Å². The number of alkyl halides is 6. The van der Waals surface area contributed by atoms with Gasteiger partial charge in [0.2, 0.25) is 0 Å². The lowest BCUT2D eigenvalue weighted by atomic mass is 11.5. The number of rotatable bonds is 2. The standard InChI is InChI=1S/C3HF6S2/c4-2(5,6)10-1-11-3(7,8)9/h1H. The van der Waals surface area contributed by atoms with Gasteiger partial charge in [0.25, 0.3) is 0 Å². The van der Waals surface area contributed by atoms with Crippen LogP contribution in [0.2, 0.25) is 0 Å². The fourth-order valence-corrected chi connectivity index (χ4v) is 1.20. The molecule has 8 heteroatoms. The Hall–Kier alpha value is 0.280. The quantitative estimate of drug-likeness (QED) is 0.645. The van der Waals surface area contributed by atoms with E-state index in [1.165, 1.54) is 0 Å². The molecule has 0 rings (SSSR count). The molecule has 11 heavy (non-hydrogen) atoms. The molecule has 0 amide bonds. The predicted octanol–water partition coefficient (Wildman–Crippen LogP) is 3.61. The summed E-state index contributed by atoms with van der Waals surface area (Å²) in [4.78, 5) is 0. The molecule has 0 aliphatic carbocycles. The van der Waals surface area contributed by atoms with Crippen molar-refractivity contribution in [2.45, 2.75) is 11.0 Å². The monoisotopic (exact) mass is 215 g/mol. The van der Waals surface area contributed by atoms with Gasteiger partial charge in [0.15, 0.2) is 0 Å². The third-order valence-electron chi connectivity index (χ3n) is 0.363. The van der Waals surface area contributed by atoms with Gasteiger partial charge >= 0.3 is 11.0 Å². The second kappa shape index (κ2) is 3.79. The molecule has 0 saturated heterocycles. The fraction of sp³-hybridized carbons (Fsp3) is 0.667. The average molecular weight is 215 g/mol. The first kappa shape index (κ1) is 11.3. The summed E-state index contributed by atoms with van der Waals surface area (Å²) in [6, 6.07) is 0. The molecule has 0 N–H and O–H groups in total. The van der Waals surface area contributed by atoms with Crippen molar-refractivity contribution in [3.8, 4) is 0 Å². The molecule has 0 nitrogen and oxygen atoms in total. The van der Waals surface area contributed by atoms with Crippen LogP contribution in [0.25, 0.3) is 0 Å². The van der Waals surface area contributed by atoms with E-state index in [9.17, 15) is 26.3 Å². The van der Waals surface area contributed by atoms with E-state index in [1.54, 1.807) is 0 Å². The fourth-order valence-electron chi connectivity index (χ4n) is 0.133. The molecule has 0 spiro atoms. The first-order chi connectivity index (χ1) is 4.71. The smallest absolute Gasteiger partial charge is 0.160 e. The zero-order chi connectivity index (χ0) is 9.12. The van der Waals surface area contributed by atoms with Crippen LogP contribution in [-0.2, 0) is 0 Å². The Kier molecular flexibility index (Phi) is 3.89. The van der Waals surface area contributed by atoms with Crippen LogP contribution in [0, 0.1) is 5.08 Å². The summed E-state index contributed by atoms with van der Waals surface area (Å²) < 4.78 is 67.1. The summed E-state index contributed by atoms with van der Waals surface area (Å²) in [6.45, 7) is 0. The van der Waals surface area contributed by atoms with Gasteiger partial charge in [-0.15, -0.1) is 0 Å². The average Bonchev–Trinajstić information content (AvgIpc) is 1.55. The maximum atomic E-state index is 11.2. The molecule has 0 aromatic heterocycles. The van der Waals surface area contributed by atoms with Gasteiger partial charge in [0.05, 0.1) is 5.08 Å². The molecule has 0 bridgehead atoms. The van der Waals surface area contributed by atoms with Gasteiger partial charge < -0.3 is 0 Å². The van der Waals surface area contributed by atoms with E-state index in [0.717, 1.165) is 0 Å². The van der Waals surface area contributed by atoms with Crippen molar-refractivity contribution in [2.75, 3.05) is 0 Å². The second-order valence-corrected chi connectivity index (χ2v) is 3.39. The highest BCUT2D eigenvalue weighted by Crippen LogP contribution is 2.42. The Morgan fingerprint density at radius 1 is 0.727 bits per heavy atom. The summed E-state index contributed by atoms with van der Waals surface area (Å²) in [6.07, 6.45) is 0. The lowest BCUT2D eigenvalue weighted by Gasteiger charge is -2.05. The molecule has 1 radical (unpaired) electrons. The van der Waals surface area contributed by atoms with Crippen LogP contribution in [-0.4, -0.2) is 11.0 Å². The van der Waals surface area contributed by atoms with Crippen LogP contribution >= 0.6 is 23.5 Å². The van der Waals surface area contributed by atoms with Gasteiger partial charge in [0, 0.05) is 0 Å². The van der Waals surface area contributed by atoms with Crippen LogP contribution in [0.5, 0.6) is 0 Å². The molecule has 0 saturated carbocycles. The van der Waals surface area contributed by atoms with Crippen LogP contribution < -0.4 is 0 Å². The topological polar surface area (TPSA) is 0 Å². The van der Waals surface area contributed by atoms with Crippen molar-refractivity contribution < 1.29 is 26.3 Å². The van der Waals surface area contributed by atoms with E-state index >= 15 is 0 Å². The first-order valence-corrected chi connectivity index (χ1v) is 3.77. The number of thioether (sulfide) groups is 2. The van der Waals surface area contributed by atoms with Gasteiger partial charge in [-0.1, -0.05) is 0 Å². The van der Waals surface area contributed by atoms with Crippen LogP contribution in [0.15, 0.2) is 0 Å². The Bertz CT molecular complexity index is 100.0. The van der Waals surface area contributed by atoms with E-state index < -0.39 is 34.5 Å². The van der Waals surface area contributed by atoms with Gasteiger partial charge in [-0.3, -0.25) is 0 Å². The lowest BCUT2D eigenvalue weighted by molar-refractivity contribution is -0.0329. The van der Waals surface area contributed by atoms with E-state index in [1.807, 2.05) is 0 Å². The minimum atomic E-state index is -4.64. The lowest BCUT2D eigenvalue weighted by Crippen LogP contribution is -2.02. The number of hydrogen-bond acceptors (Lipinski definition) is 2. The first-order valence-electron chi connectivity index (χ1n) is 2.01.